The second kappa shape index (κ2) is 13.4. The van der Waals surface area contributed by atoms with Crippen LogP contribution in [0.4, 0.5) is 0 Å². The lowest BCUT2D eigenvalue weighted by Gasteiger charge is -2.31. The Kier molecular flexibility index (Phi) is 15.4. The van der Waals surface area contributed by atoms with Crippen molar-refractivity contribution in [2.24, 2.45) is 0 Å². The molecule has 0 spiro atoms. The van der Waals surface area contributed by atoms with Gasteiger partial charge in [-0.15, -0.1) is 35.3 Å². The first kappa shape index (κ1) is 19.4. The lowest BCUT2D eigenvalue weighted by Crippen LogP contribution is -2.22. The molecule has 0 saturated heterocycles. The Balaban J connectivity index is 4.39. The van der Waals surface area contributed by atoms with Gasteiger partial charge in [0.2, 0.25) is 0 Å². The van der Waals surface area contributed by atoms with Gasteiger partial charge in [0.05, 0.1) is 0 Å². The quantitative estimate of drug-likeness (QED) is 0.346. The lowest BCUT2D eigenvalue weighted by molar-refractivity contribution is 1.30. The Morgan fingerprint density at radius 3 is 1.53 bits per heavy atom. The first-order chi connectivity index (χ1) is 8.24. The zero-order chi connectivity index (χ0) is 13.0. The predicted molar refractivity (Wildman–Crippen MR) is 105 cm³/mol. The van der Waals surface area contributed by atoms with Crippen molar-refractivity contribution in [3.8, 4) is 0 Å². The number of thiol groups is 3. The average molecular weight is 367 g/mol. The van der Waals surface area contributed by atoms with E-state index in [2.05, 4.69) is 44.8 Å². The average Bonchev–Trinajstić information content (AvgIpc) is 2.37. The summed E-state index contributed by atoms with van der Waals surface area (Å²) < 4.78 is 0.273. The Labute approximate surface area is 140 Å². The highest BCUT2D eigenvalue weighted by Gasteiger charge is 2.30. The topological polar surface area (TPSA) is 0 Å². The van der Waals surface area contributed by atoms with Crippen LogP contribution >= 0.6 is 84.9 Å². The van der Waals surface area contributed by atoms with Gasteiger partial charge in [-0.1, -0.05) is 6.92 Å². The SMILES string of the molecule is CCSCC(SCCS)(SCCS)SCCS. The Morgan fingerprint density at radius 2 is 1.24 bits per heavy atom. The van der Waals surface area contributed by atoms with Gasteiger partial charge in [0.15, 0.2) is 0 Å². The zero-order valence-corrected chi connectivity index (χ0v) is 16.1. The normalized spacial score (nSPS) is 12.0. The van der Waals surface area contributed by atoms with Gasteiger partial charge in [-0.25, -0.2) is 0 Å². The highest BCUT2D eigenvalue weighted by atomic mass is 32.3. The molecule has 0 heterocycles. The lowest BCUT2D eigenvalue weighted by atomic mass is 10.9. The summed E-state index contributed by atoms with van der Waals surface area (Å²) in [6, 6.07) is 0. The summed E-state index contributed by atoms with van der Waals surface area (Å²) in [6.07, 6.45) is 0. The summed E-state index contributed by atoms with van der Waals surface area (Å²) in [5.41, 5.74) is 0. The van der Waals surface area contributed by atoms with Crippen LogP contribution in [0.3, 0.4) is 0 Å². The first-order valence-electron chi connectivity index (χ1n) is 5.57. The van der Waals surface area contributed by atoms with Crippen LogP contribution in [-0.4, -0.2) is 49.4 Å². The smallest absolute Gasteiger partial charge is 0.116 e. The molecule has 0 atom stereocenters. The Morgan fingerprint density at radius 1 is 0.824 bits per heavy atom. The summed E-state index contributed by atoms with van der Waals surface area (Å²) in [5.74, 6) is 8.58. The molecule has 104 valence electrons. The van der Waals surface area contributed by atoms with Crippen molar-refractivity contribution in [1.82, 2.24) is 0 Å². The van der Waals surface area contributed by atoms with E-state index in [0.29, 0.717) is 0 Å². The fourth-order valence-electron chi connectivity index (χ4n) is 1.08. The van der Waals surface area contributed by atoms with E-state index in [1.54, 1.807) is 0 Å². The van der Waals surface area contributed by atoms with Crippen molar-refractivity contribution in [2.75, 3.05) is 46.0 Å². The molecule has 0 aliphatic rings. The summed E-state index contributed by atoms with van der Waals surface area (Å²) in [4.78, 5) is 0. The molecule has 0 fully saturated rings. The van der Waals surface area contributed by atoms with Crippen molar-refractivity contribution in [1.29, 1.82) is 0 Å². The van der Waals surface area contributed by atoms with Gasteiger partial charge >= 0.3 is 0 Å². The van der Waals surface area contributed by atoms with Crippen LogP contribution in [0.2, 0.25) is 0 Å². The van der Waals surface area contributed by atoms with Gasteiger partial charge in [0.1, 0.15) is 3.41 Å². The third kappa shape index (κ3) is 9.91. The Hall–Kier alpha value is 2.45. The van der Waals surface area contributed by atoms with E-state index in [9.17, 15) is 0 Å². The maximum Gasteiger partial charge on any atom is 0.116 e. The highest BCUT2D eigenvalue weighted by molar-refractivity contribution is 8.34. The van der Waals surface area contributed by atoms with E-state index >= 15 is 0 Å². The van der Waals surface area contributed by atoms with Gasteiger partial charge in [0, 0.05) is 23.0 Å². The molecule has 0 nitrogen and oxygen atoms in total. The van der Waals surface area contributed by atoms with E-state index < -0.39 is 0 Å². The minimum absolute atomic E-state index is 0.273. The van der Waals surface area contributed by atoms with E-state index in [0.717, 1.165) is 34.5 Å². The second-order valence-corrected chi connectivity index (χ2v) is 10.6. The third-order valence-electron chi connectivity index (χ3n) is 1.72. The fourth-order valence-corrected chi connectivity index (χ4v) is 7.81. The molecule has 7 heteroatoms. The molecule has 0 radical (unpaired) electrons. The van der Waals surface area contributed by atoms with Crippen molar-refractivity contribution < 1.29 is 0 Å². The summed E-state index contributed by atoms with van der Waals surface area (Å²) in [7, 11) is 0. The predicted octanol–water partition coefficient (Wildman–Crippen LogP) is 4.38. The molecule has 17 heavy (non-hydrogen) atoms. The minimum atomic E-state index is 0.273. The van der Waals surface area contributed by atoms with Crippen LogP contribution in [-0.2, 0) is 0 Å². The fraction of sp³-hybridized carbons (Fsp3) is 1.00. The number of hydrogen-bond acceptors (Lipinski definition) is 7. The van der Waals surface area contributed by atoms with Gasteiger partial charge < -0.3 is 0 Å². The summed E-state index contributed by atoms with van der Waals surface area (Å²) >= 11 is 21.2. The number of hydrogen-bond donors (Lipinski definition) is 3. The molecule has 0 N–H and O–H groups in total. The van der Waals surface area contributed by atoms with Crippen LogP contribution in [0.5, 0.6) is 0 Å². The van der Waals surface area contributed by atoms with Crippen molar-refractivity contribution >= 4 is 84.9 Å². The third-order valence-corrected chi connectivity index (χ3v) is 9.99. The van der Waals surface area contributed by atoms with Gasteiger partial charge in [0.25, 0.3) is 0 Å². The molecule has 0 unspecified atom stereocenters. The molecular weight excluding hydrogens is 345 g/mol. The van der Waals surface area contributed by atoms with Crippen molar-refractivity contribution in [3.05, 3.63) is 0 Å². The monoisotopic (exact) mass is 366 g/mol. The molecule has 0 aliphatic carbocycles. The van der Waals surface area contributed by atoms with E-state index in [-0.39, 0.29) is 3.41 Å². The maximum absolute atomic E-state index is 4.33. The zero-order valence-electron chi connectivity index (χ0n) is 10.1. The van der Waals surface area contributed by atoms with Crippen LogP contribution in [0.15, 0.2) is 0 Å². The standard InChI is InChI=1S/C10H22S7/c1-2-14-9-10(15-6-3-11,16-7-4-12)17-8-5-13/h11-13H,2-9H2,1H3. The minimum Gasteiger partial charge on any atom is -0.179 e. The van der Waals surface area contributed by atoms with Crippen molar-refractivity contribution in [3.63, 3.8) is 0 Å². The molecule has 0 aromatic rings. The van der Waals surface area contributed by atoms with Gasteiger partial charge in [-0.05, 0) is 23.0 Å². The molecular formula is C10H22S7. The Bertz CT molecular complexity index is 127. The number of rotatable bonds is 12. The molecule has 0 rings (SSSR count). The number of thioether (sulfide) groups is 4. The molecule has 0 saturated carbocycles. The van der Waals surface area contributed by atoms with Gasteiger partial charge in [-0.3, -0.25) is 0 Å². The van der Waals surface area contributed by atoms with Crippen LogP contribution in [0.1, 0.15) is 6.92 Å². The summed E-state index contributed by atoms with van der Waals surface area (Å²) in [6.45, 7) is 2.23. The first-order valence-corrected chi connectivity index (χ1v) is 11.6. The van der Waals surface area contributed by atoms with E-state index in [1.807, 2.05) is 47.0 Å². The second-order valence-electron chi connectivity index (χ2n) is 3.04. The largest absolute Gasteiger partial charge is 0.179 e. The van der Waals surface area contributed by atoms with Gasteiger partial charge in [-0.2, -0.15) is 49.6 Å². The van der Waals surface area contributed by atoms with Crippen molar-refractivity contribution in [2.45, 2.75) is 10.3 Å². The maximum atomic E-state index is 4.33. The molecule has 0 aliphatic heterocycles. The molecule has 0 bridgehead atoms. The van der Waals surface area contributed by atoms with Crippen LogP contribution < -0.4 is 0 Å². The summed E-state index contributed by atoms with van der Waals surface area (Å²) in [5, 5.41) is 0. The molecule has 0 aromatic heterocycles. The van der Waals surface area contributed by atoms with E-state index in [1.165, 1.54) is 11.5 Å². The molecule has 0 aromatic carbocycles. The molecule has 0 amide bonds. The van der Waals surface area contributed by atoms with Crippen LogP contribution in [0, 0.1) is 0 Å². The highest BCUT2D eigenvalue weighted by Crippen LogP contribution is 2.49. The van der Waals surface area contributed by atoms with Crippen LogP contribution in [0.25, 0.3) is 0 Å². The van der Waals surface area contributed by atoms with E-state index in [4.69, 9.17) is 0 Å².